The van der Waals surface area contributed by atoms with Crippen molar-refractivity contribution in [1.29, 1.82) is 0 Å². The number of nitrogens with zero attached hydrogens (tertiary/aromatic N) is 4. The van der Waals surface area contributed by atoms with E-state index in [0.717, 1.165) is 25.2 Å². The fraction of sp³-hybridized carbons (Fsp3) is 0.517. The summed E-state index contributed by atoms with van der Waals surface area (Å²) in [6.45, 7) is 6.65. The van der Waals surface area contributed by atoms with Crippen LogP contribution in [0.15, 0.2) is 36.4 Å². The predicted octanol–water partition coefficient (Wildman–Crippen LogP) is 4.44. The van der Waals surface area contributed by atoms with Crippen molar-refractivity contribution in [3.8, 4) is 6.01 Å². The Hall–Kier alpha value is -2.70. The van der Waals surface area contributed by atoms with E-state index >= 15 is 0 Å². The molecule has 4 fully saturated rings. The molecule has 0 spiro atoms. The number of rotatable bonds is 3. The minimum atomic E-state index is 0.511. The van der Waals surface area contributed by atoms with Crippen LogP contribution in [0.25, 0.3) is 10.8 Å². The first-order valence-corrected chi connectivity index (χ1v) is 13.2. The lowest BCUT2D eigenvalue weighted by Gasteiger charge is -2.33. The number of nitrogens with one attached hydrogen (secondary N) is 1. The Morgan fingerprint density at radius 3 is 2.43 bits per heavy atom. The van der Waals surface area contributed by atoms with Gasteiger partial charge in [0.05, 0.1) is 25.0 Å². The number of hydrogen-bond donors (Lipinski definition) is 1. The van der Waals surface area contributed by atoms with Gasteiger partial charge in [0.15, 0.2) is 0 Å². The zero-order valence-electron chi connectivity index (χ0n) is 21.3. The predicted molar refractivity (Wildman–Crippen MR) is 141 cm³/mol. The zero-order valence-corrected chi connectivity index (χ0v) is 21.3. The lowest BCUT2D eigenvalue weighted by Crippen LogP contribution is -2.44. The molecule has 1 aliphatic carbocycles. The molecule has 1 saturated carbocycles. The number of anilines is 1. The van der Waals surface area contributed by atoms with Crippen LogP contribution in [0.4, 0.5) is 5.69 Å². The molecule has 3 unspecified atom stereocenters. The maximum absolute atomic E-state index is 5.50. The fourth-order valence-electron chi connectivity index (χ4n) is 6.49. The molecule has 35 heavy (non-hydrogen) atoms. The van der Waals surface area contributed by atoms with Gasteiger partial charge in [-0.2, -0.15) is 9.97 Å². The van der Waals surface area contributed by atoms with Gasteiger partial charge in [0.2, 0.25) is 0 Å². The van der Waals surface area contributed by atoms with Gasteiger partial charge in [-0.1, -0.05) is 30.3 Å². The molecule has 3 aromatic rings. The molecule has 6 heteroatoms. The Balaban J connectivity index is 0.000000336. The van der Waals surface area contributed by atoms with Gasteiger partial charge in [0.25, 0.3) is 0 Å². The third-order valence-corrected chi connectivity index (χ3v) is 8.38. The molecule has 5 heterocycles. The van der Waals surface area contributed by atoms with Gasteiger partial charge in [-0.25, -0.2) is 0 Å². The minimum absolute atomic E-state index is 0.511. The van der Waals surface area contributed by atoms with Gasteiger partial charge in [-0.15, -0.1) is 0 Å². The average molecular weight is 472 g/mol. The summed E-state index contributed by atoms with van der Waals surface area (Å²) >= 11 is 0. The molecule has 1 N–H and O–H groups in total. The first kappa shape index (κ1) is 22.7. The number of fused-ring (bicyclic) bond motifs is 3. The number of ether oxygens (including phenoxy) is 1. The van der Waals surface area contributed by atoms with Crippen LogP contribution in [0.2, 0.25) is 0 Å². The number of aryl methyl sites for hydroxylation is 1. The molecule has 4 aliphatic heterocycles. The average Bonchev–Trinajstić information content (AvgIpc) is 3.61. The summed E-state index contributed by atoms with van der Waals surface area (Å²) < 4.78 is 5.50. The lowest BCUT2D eigenvalue weighted by atomic mass is 9.91. The van der Waals surface area contributed by atoms with Gasteiger partial charge in [0.1, 0.15) is 0 Å². The molecule has 5 aliphatic rings. The topological polar surface area (TPSA) is 53.5 Å². The second kappa shape index (κ2) is 9.40. The van der Waals surface area contributed by atoms with E-state index in [1.807, 2.05) is 0 Å². The summed E-state index contributed by atoms with van der Waals surface area (Å²) in [4.78, 5) is 14.5. The smallest absolute Gasteiger partial charge is 0.316 e. The van der Waals surface area contributed by atoms with E-state index in [1.165, 1.54) is 72.1 Å². The van der Waals surface area contributed by atoms with E-state index in [9.17, 15) is 0 Å². The highest BCUT2D eigenvalue weighted by molar-refractivity contribution is 5.96. The Bertz CT molecular complexity index is 1210. The number of benzene rings is 2. The van der Waals surface area contributed by atoms with Crippen LogP contribution in [-0.2, 0) is 13.0 Å². The molecule has 184 valence electrons. The molecule has 1 aromatic heterocycles. The van der Waals surface area contributed by atoms with E-state index < -0.39 is 0 Å². The van der Waals surface area contributed by atoms with Gasteiger partial charge < -0.3 is 19.9 Å². The highest BCUT2D eigenvalue weighted by Crippen LogP contribution is 2.44. The van der Waals surface area contributed by atoms with Gasteiger partial charge in [-0.05, 0) is 81.7 Å². The summed E-state index contributed by atoms with van der Waals surface area (Å²) in [5.41, 5.74) is 6.35. The normalized spacial score (nSPS) is 25.1. The van der Waals surface area contributed by atoms with Crippen molar-refractivity contribution < 1.29 is 4.74 Å². The minimum Gasteiger partial charge on any atom is -0.467 e. The van der Waals surface area contributed by atoms with Crippen LogP contribution >= 0.6 is 0 Å². The lowest BCUT2D eigenvalue weighted by molar-refractivity contribution is 0.352. The third-order valence-electron chi connectivity index (χ3n) is 8.38. The molecule has 2 aromatic carbocycles. The van der Waals surface area contributed by atoms with Crippen LogP contribution in [-0.4, -0.2) is 60.7 Å². The maximum Gasteiger partial charge on any atom is 0.316 e. The molecule has 8 rings (SSSR count). The first-order valence-electron chi connectivity index (χ1n) is 13.2. The standard InChI is InChI=1S/C24H26N4O.C5H11N/c1-14-5-3-6-15-7-4-8-21(22(14)15)28-10-9-17-20(13-28)26-24(29-2)27-23(17)18-11-16-12-19(18)25-16;1-6-4-2-3-5-6/h3-8,16,18-19,25H,9-13H2,1-2H3;2-5H2,1H3. The number of aromatic nitrogens is 2. The SMILES string of the molecule is CN1CCCC1.COc1nc2c(c(C3CC4CC3N4)n1)CCN(c1cccc3cccc(C)c13)C2. The summed E-state index contributed by atoms with van der Waals surface area (Å²) in [6, 6.07) is 14.9. The molecular weight excluding hydrogens is 434 g/mol. The van der Waals surface area contributed by atoms with Crippen molar-refractivity contribution in [3.05, 3.63) is 58.9 Å². The van der Waals surface area contributed by atoms with Crippen molar-refractivity contribution in [2.24, 2.45) is 0 Å². The first-order chi connectivity index (χ1) is 17.1. The summed E-state index contributed by atoms with van der Waals surface area (Å²) in [5.74, 6) is 0.511. The summed E-state index contributed by atoms with van der Waals surface area (Å²) in [6.07, 6.45) is 6.30. The van der Waals surface area contributed by atoms with Crippen LogP contribution < -0.4 is 15.0 Å². The third kappa shape index (κ3) is 4.27. The highest BCUT2D eigenvalue weighted by Gasteiger charge is 2.46. The molecule has 3 saturated heterocycles. The molecular formula is C29H37N5O. The van der Waals surface area contributed by atoms with Crippen molar-refractivity contribution in [1.82, 2.24) is 20.2 Å². The molecule has 0 radical (unpaired) electrons. The van der Waals surface area contributed by atoms with Crippen molar-refractivity contribution >= 4 is 16.5 Å². The van der Waals surface area contributed by atoms with Gasteiger partial charge >= 0.3 is 6.01 Å². The maximum atomic E-state index is 5.50. The van der Waals surface area contributed by atoms with Gasteiger partial charge in [-0.3, -0.25) is 0 Å². The second-order valence-electron chi connectivity index (χ2n) is 10.7. The van der Waals surface area contributed by atoms with Crippen LogP contribution in [0.3, 0.4) is 0 Å². The largest absolute Gasteiger partial charge is 0.467 e. The number of hydrogen-bond acceptors (Lipinski definition) is 6. The van der Waals surface area contributed by atoms with Crippen LogP contribution in [0, 0.1) is 6.92 Å². The van der Waals surface area contributed by atoms with E-state index in [2.05, 4.69) is 65.5 Å². The second-order valence-corrected chi connectivity index (χ2v) is 10.7. The van der Waals surface area contributed by atoms with Crippen molar-refractivity contribution in [2.45, 2.75) is 63.6 Å². The molecule has 0 amide bonds. The Labute approximate surface area is 208 Å². The van der Waals surface area contributed by atoms with E-state index in [-0.39, 0.29) is 0 Å². The summed E-state index contributed by atoms with van der Waals surface area (Å²) in [7, 11) is 3.85. The van der Waals surface area contributed by atoms with Crippen molar-refractivity contribution in [3.63, 3.8) is 0 Å². The molecule has 2 bridgehead atoms. The van der Waals surface area contributed by atoms with Crippen LogP contribution in [0.5, 0.6) is 6.01 Å². The quantitative estimate of drug-likeness (QED) is 0.610. The van der Waals surface area contributed by atoms with E-state index in [1.54, 1.807) is 7.11 Å². The van der Waals surface area contributed by atoms with Crippen LogP contribution in [0.1, 0.15) is 54.1 Å². The molecule has 3 atom stereocenters. The molecule has 6 nitrogen and oxygen atoms in total. The Kier molecular flexibility index (Phi) is 6.11. The van der Waals surface area contributed by atoms with E-state index in [0.29, 0.717) is 24.0 Å². The van der Waals surface area contributed by atoms with Gasteiger partial charge in [0, 0.05) is 35.6 Å². The van der Waals surface area contributed by atoms with Crippen molar-refractivity contribution in [2.75, 3.05) is 38.7 Å². The zero-order chi connectivity index (χ0) is 23.9. The Morgan fingerprint density at radius 2 is 1.77 bits per heavy atom. The Morgan fingerprint density at radius 1 is 1.00 bits per heavy atom. The number of methoxy groups -OCH3 is 1. The number of likely N-dealkylation sites (tertiary alicyclic amines) is 1. The fourth-order valence-corrected chi connectivity index (χ4v) is 6.49. The highest BCUT2D eigenvalue weighted by atomic mass is 16.5. The van der Waals surface area contributed by atoms with E-state index in [4.69, 9.17) is 14.7 Å². The summed E-state index contributed by atoms with van der Waals surface area (Å²) in [5, 5.41) is 6.30. The monoisotopic (exact) mass is 471 g/mol.